The molecule has 1 unspecified atom stereocenters. The fourth-order valence-corrected chi connectivity index (χ4v) is 2.39. The summed E-state index contributed by atoms with van der Waals surface area (Å²) in [6, 6.07) is 3.87. The van der Waals surface area contributed by atoms with Crippen LogP contribution in [-0.2, 0) is 11.8 Å². The lowest BCUT2D eigenvalue weighted by molar-refractivity contribution is -0.115. The fraction of sp³-hybridized carbons (Fsp3) is 0.231. The summed E-state index contributed by atoms with van der Waals surface area (Å²) >= 11 is 1.34. The Bertz CT molecular complexity index is 629. The maximum absolute atomic E-state index is 12.9. The highest BCUT2D eigenvalue weighted by molar-refractivity contribution is 8.00. The SMILES string of the molecule is CC(Sc1nccn1C)C(=O)Nc1ccc(F)cc1N. The van der Waals surface area contributed by atoms with Crippen molar-refractivity contribution in [1.82, 2.24) is 9.55 Å². The van der Waals surface area contributed by atoms with Crippen LogP contribution in [0.5, 0.6) is 0 Å². The largest absolute Gasteiger partial charge is 0.397 e. The van der Waals surface area contributed by atoms with Crippen molar-refractivity contribution in [2.75, 3.05) is 11.1 Å². The molecule has 0 spiro atoms. The molecule has 0 bridgehead atoms. The smallest absolute Gasteiger partial charge is 0.237 e. The van der Waals surface area contributed by atoms with Gasteiger partial charge < -0.3 is 15.6 Å². The van der Waals surface area contributed by atoms with Gasteiger partial charge in [-0.25, -0.2) is 9.37 Å². The second kappa shape index (κ2) is 5.96. The fourth-order valence-electron chi connectivity index (χ4n) is 1.56. The first-order chi connectivity index (χ1) is 9.47. The van der Waals surface area contributed by atoms with Crippen LogP contribution in [0.4, 0.5) is 15.8 Å². The maximum Gasteiger partial charge on any atom is 0.237 e. The number of nitrogens with one attached hydrogen (secondary N) is 1. The van der Waals surface area contributed by atoms with E-state index in [1.165, 1.54) is 30.0 Å². The number of anilines is 2. The molecular formula is C13H15FN4OS. The van der Waals surface area contributed by atoms with Gasteiger partial charge in [0.1, 0.15) is 5.82 Å². The van der Waals surface area contributed by atoms with E-state index in [-0.39, 0.29) is 16.8 Å². The van der Waals surface area contributed by atoms with E-state index in [2.05, 4.69) is 10.3 Å². The van der Waals surface area contributed by atoms with E-state index in [4.69, 9.17) is 5.73 Å². The van der Waals surface area contributed by atoms with Crippen LogP contribution in [0, 0.1) is 5.82 Å². The Morgan fingerprint density at radius 3 is 2.90 bits per heavy atom. The van der Waals surface area contributed by atoms with Gasteiger partial charge in [-0.1, -0.05) is 11.8 Å². The predicted octanol–water partition coefficient (Wildman–Crippen LogP) is 2.26. The molecule has 0 fully saturated rings. The molecule has 0 radical (unpaired) electrons. The third-order valence-electron chi connectivity index (χ3n) is 2.70. The van der Waals surface area contributed by atoms with Crippen molar-refractivity contribution in [2.45, 2.75) is 17.3 Å². The van der Waals surface area contributed by atoms with Crippen molar-refractivity contribution >= 4 is 29.0 Å². The summed E-state index contributed by atoms with van der Waals surface area (Å²) < 4.78 is 14.8. The molecule has 1 heterocycles. The van der Waals surface area contributed by atoms with Gasteiger partial charge in [0.25, 0.3) is 0 Å². The molecule has 0 aliphatic heterocycles. The highest BCUT2D eigenvalue weighted by Gasteiger charge is 2.17. The highest BCUT2D eigenvalue weighted by Crippen LogP contribution is 2.24. The number of nitrogens with two attached hydrogens (primary N) is 1. The molecule has 1 amide bonds. The van der Waals surface area contributed by atoms with Gasteiger partial charge in [0.2, 0.25) is 5.91 Å². The van der Waals surface area contributed by atoms with Crippen molar-refractivity contribution in [3.8, 4) is 0 Å². The van der Waals surface area contributed by atoms with Crippen LogP contribution < -0.4 is 11.1 Å². The van der Waals surface area contributed by atoms with E-state index in [9.17, 15) is 9.18 Å². The summed E-state index contributed by atoms with van der Waals surface area (Å²) in [5.74, 6) is -0.646. The van der Waals surface area contributed by atoms with Crippen molar-refractivity contribution < 1.29 is 9.18 Å². The zero-order valence-corrected chi connectivity index (χ0v) is 11.9. The Balaban J connectivity index is 2.02. The first kappa shape index (κ1) is 14.4. The minimum Gasteiger partial charge on any atom is -0.397 e. The minimum atomic E-state index is -0.434. The average Bonchev–Trinajstić information content (AvgIpc) is 2.78. The normalized spacial score (nSPS) is 12.2. The molecule has 1 atom stereocenters. The van der Waals surface area contributed by atoms with Gasteiger partial charge in [-0.3, -0.25) is 4.79 Å². The topological polar surface area (TPSA) is 72.9 Å². The number of nitrogen functional groups attached to an aromatic ring is 1. The van der Waals surface area contributed by atoms with E-state index in [0.29, 0.717) is 5.69 Å². The number of rotatable bonds is 4. The maximum atomic E-state index is 12.9. The van der Waals surface area contributed by atoms with Crippen molar-refractivity contribution in [3.63, 3.8) is 0 Å². The zero-order chi connectivity index (χ0) is 14.7. The molecule has 106 valence electrons. The number of thioether (sulfide) groups is 1. The number of carbonyl (C=O) groups excluding carboxylic acids is 1. The molecule has 0 saturated carbocycles. The molecule has 5 nitrogen and oxygen atoms in total. The van der Waals surface area contributed by atoms with Crippen LogP contribution in [0.1, 0.15) is 6.92 Å². The molecule has 3 N–H and O–H groups in total. The molecular weight excluding hydrogens is 279 g/mol. The first-order valence-electron chi connectivity index (χ1n) is 5.97. The van der Waals surface area contributed by atoms with Gasteiger partial charge in [0.15, 0.2) is 5.16 Å². The highest BCUT2D eigenvalue weighted by atomic mass is 32.2. The van der Waals surface area contributed by atoms with Gasteiger partial charge in [-0.05, 0) is 25.1 Å². The Morgan fingerprint density at radius 2 is 2.30 bits per heavy atom. The average molecular weight is 294 g/mol. The van der Waals surface area contributed by atoms with E-state index in [1.807, 2.05) is 17.8 Å². The van der Waals surface area contributed by atoms with Crippen LogP contribution in [0.2, 0.25) is 0 Å². The molecule has 20 heavy (non-hydrogen) atoms. The monoisotopic (exact) mass is 294 g/mol. The van der Waals surface area contributed by atoms with Crippen LogP contribution >= 0.6 is 11.8 Å². The van der Waals surface area contributed by atoms with Gasteiger partial charge in [0.05, 0.1) is 16.6 Å². The Hall–Kier alpha value is -2.02. The number of amides is 1. The van der Waals surface area contributed by atoms with Gasteiger partial charge in [0, 0.05) is 19.4 Å². The molecule has 0 aliphatic rings. The summed E-state index contributed by atoms with van der Waals surface area (Å²) in [4.78, 5) is 16.2. The zero-order valence-electron chi connectivity index (χ0n) is 11.1. The van der Waals surface area contributed by atoms with Crippen molar-refractivity contribution in [3.05, 3.63) is 36.4 Å². The van der Waals surface area contributed by atoms with Crippen molar-refractivity contribution in [1.29, 1.82) is 0 Å². The summed E-state index contributed by atoms with van der Waals surface area (Å²) in [6.45, 7) is 1.77. The number of nitrogens with zero attached hydrogens (tertiary/aromatic N) is 2. The Morgan fingerprint density at radius 1 is 1.55 bits per heavy atom. The molecule has 2 rings (SSSR count). The third-order valence-corrected chi connectivity index (χ3v) is 3.87. The molecule has 1 aromatic carbocycles. The predicted molar refractivity (Wildman–Crippen MR) is 78.0 cm³/mol. The number of hydrogen-bond donors (Lipinski definition) is 2. The summed E-state index contributed by atoms with van der Waals surface area (Å²) in [5.41, 5.74) is 6.26. The molecule has 0 aliphatic carbocycles. The van der Waals surface area contributed by atoms with Crippen LogP contribution in [-0.4, -0.2) is 20.7 Å². The minimum absolute atomic E-state index is 0.201. The van der Waals surface area contributed by atoms with E-state index in [0.717, 1.165) is 5.16 Å². The number of hydrogen-bond acceptors (Lipinski definition) is 4. The Labute approximate surface area is 120 Å². The van der Waals surface area contributed by atoms with Gasteiger partial charge >= 0.3 is 0 Å². The summed E-state index contributed by atoms with van der Waals surface area (Å²) in [7, 11) is 1.86. The number of carbonyl (C=O) groups is 1. The number of halogens is 1. The van der Waals surface area contributed by atoms with E-state index < -0.39 is 5.82 Å². The first-order valence-corrected chi connectivity index (χ1v) is 6.85. The lowest BCUT2D eigenvalue weighted by atomic mass is 10.2. The lowest BCUT2D eigenvalue weighted by Crippen LogP contribution is -2.23. The molecule has 2 aromatic rings. The summed E-state index contributed by atoms with van der Waals surface area (Å²) in [6.07, 6.45) is 3.48. The summed E-state index contributed by atoms with van der Waals surface area (Å²) in [5, 5.41) is 3.08. The second-order valence-electron chi connectivity index (χ2n) is 4.30. The van der Waals surface area contributed by atoms with E-state index in [1.54, 1.807) is 13.1 Å². The molecule has 7 heteroatoms. The van der Waals surface area contributed by atoms with Crippen LogP contribution in [0.25, 0.3) is 0 Å². The van der Waals surface area contributed by atoms with Crippen LogP contribution in [0.3, 0.4) is 0 Å². The number of imidazole rings is 1. The van der Waals surface area contributed by atoms with E-state index >= 15 is 0 Å². The second-order valence-corrected chi connectivity index (χ2v) is 5.61. The number of benzene rings is 1. The van der Waals surface area contributed by atoms with Crippen LogP contribution in [0.15, 0.2) is 35.7 Å². The molecule has 1 aromatic heterocycles. The Kier molecular flexibility index (Phi) is 4.29. The lowest BCUT2D eigenvalue weighted by Gasteiger charge is -2.13. The van der Waals surface area contributed by atoms with Gasteiger partial charge in [-0.2, -0.15) is 0 Å². The third kappa shape index (κ3) is 3.30. The van der Waals surface area contributed by atoms with Crippen molar-refractivity contribution in [2.24, 2.45) is 7.05 Å². The standard InChI is InChI=1S/C13H15FN4OS/c1-8(20-13-16-5-6-18(13)2)12(19)17-11-4-3-9(14)7-10(11)15/h3-8H,15H2,1-2H3,(H,17,19). The number of aromatic nitrogens is 2. The van der Waals surface area contributed by atoms with Gasteiger partial charge in [-0.15, -0.1) is 0 Å². The quantitative estimate of drug-likeness (QED) is 0.670. The molecule has 0 saturated heterocycles. The number of aryl methyl sites for hydroxylation is 1.